The van der Waals surface area contributed by atoms with Gasteiger partial charge in [0.15, 0.2) is 0 Å². The molecule has 3 aromatic rings. The Labute approximate surface area is 176 Å². The minimum atomic E-state index is -0.738. The van der Waals surface area contributed by atoms with Gasteiger partial charge in [-0.15, -0.1) is 0 Å². The van der Waals surface area contributed by atoms with Gasteiger partial charge in [0.1, 0.15) is 0 Å². The third kappa shape index (κ3) is 3.69. The highest BCUT2D eigenvalue weighted by Gasteiger charge is 2.40. The molecule has 3 aromatic carbocycles. The summed E-state index contributed by atoms with van der Waals surface area (Å²) in [5.74, 6) is -2.06. The van der Waals surface area contributed by atoms with Gasteiger partial charge in [-0.05, 0) is 23.3 Å². The van der Waals surface area contributed by atoms with Crippen molar-refractivity contribution in [2.24, 2.45) is 0 Å². The lowest BCUT2D eigenvalue weighted by Gasteiger charge is -2.16. The summed E-state index contributed by atoms with van der Waals surface area (Å²) in [7, 11) is 0. The average Bonchev–Trinajstić information content (AvgIpc) is 3.05. The number of imide groups is 1. The van der Waals surface area contributed by atoms with Gasteiger partial charge in [-0.25, -0.2) is 0 Å². The number of hydrazine groups is 1. The number of nitrogens with one attached hydrogen (secondary N) is 1. The van der Waals surface area contributed by atoms with Gasteiger partial charge in [0.05, 0.1) is 16.1 Å². The van der Waals surface area contributed by atoms with Gasteiger partial charge >= 0.3 is 0 Å². The number of nitro benzene ring substituents is 1. The smallest absolute Gasteiger partial charge is 0.267 e. The van der Waals surface area contributed by atoms with Gasteiger partial charge in [-0.2, -0.15) is 5.01 Å². The van der Waals surface area contributed by atoms with Crippen LogP contribution in [0.2, 0.25) is 0 Å². The fourth-order valence-electron chi connectivity index (χ4n) is 3.28. The number of hydrogen-bond acceptors (Lipinski definition) is 5. The Kier molecular flexibility index (Phi) is 5.11. The predicted molar refractivity (Wildman–Crippen MR) is 112 cm³/mol. The van der Waals surface area contributed by atoms with Crippen LogP contribution in [-0.4, -0.2) is 27.7 Å². The highest BCUT2D eigenvalue weighted by atomic mass is 16.6. The SMILES string of the molecule is O=C(NN1C(=O)C(c2ccccc2)=C(c2ccccc2)C1=O)c1ccc([N+](=O)[O-])cc1. The summed E-state index contributed by atoms with van der Waals surface area (Å²) in [5.41, 5.74) is 3.68. The molecule has 8 heteroatoms. The Morgan fingerprint density at radius 3 is 1.61 bits per heavy atom. The molecule has 31 heavy (non-hydrogen) atoms. The largest absolute Gasteiger partial charge is 0.281 e. The van der Waals surface area contributed by atoms with Crippen LogP contribution in [0.25, 0.3) is 11.1 Å². The molecule has 8 nitrogen and oxygen atoms in total. The van der Waals surface area contributed by atoms with Crippen molar-refractivity contribution in [2.45, 2.75) is 0 Å². The summed E-state index contributed by atoms with van der Waals surface area (Å²) < 4.78 is 0. The van der Waals surface area contributed by atoms with E-state index >= 15 is 0 Å². The maximum atomic E-state index is 13.2. The zero-order chi connectivity index (χ0) is 22.0. The fraction of sp³-hybridized carbons (Fsp3) is 0. The first-order valence-corrected chi connectivity index (χ1v) is 9.26. The van der Waals surface area contributed by atoms with Crippen molar-refractivity contribution in [2.75, 3.05) is 0 Å². The molecule has 1 heterocycles. The van der Waals surface area contributed by atoms with Crippen molar-refractivity contribution in [3.63, 3.8) is 0 Å². The highest BCUT2D eigenvalue weighted by molar-refractivity contribution is 6.49. The van der Waals surface area contributed by atoms with Gasteiger partial charge in [-0.3, -0.25) is 29.9 Å². The summed E-state index contributed by atoms with van der Waals surface area (Å²) >= 11 is 0. The van der Waals surface area contributed by atoms with E-state index in [1.54, 1.807) is 60.7 Å². The second-order valence-corrected chi connectivity index (χ2v) is 6.67. The molecular formula is C23H15N3O5. The van der Waals surface area contributed by atoms with Crippen molar-refractivity contribution in [1.29, 1.82) is 0 Å². The van der Waals surface area contributed by atoms with Crippen molar-refractivity contribution in [1.82, 2.24) is 10.4 Å². The van der Waals surface area contributed by atoms with E-state index in [4.69, 9.17) is 0 Å². The Morgan fingerprint density at radius 1 is 0.742 bits per heavy atom. The second kappa shape index (κ2) is 8.03. The number of carbonyl (C=O) groups is 3. The number of nitro groups is 1. The van der Waals surface area contributed by atoms with Crippen LogP contribution in [0.5, 0.6) is 0 Å². The molecule has 0 bridgehead atoms. The number of rotatable bonds is 5. The lowest BCUT2D eigenvalue weighted by atomic mass is 9.96. The van der Waals surface area contributed by atoms with Crippen LogP contribution in [-0.2, 0) is 9.59 Å². The molecule has 3 amide bonds. The first-order chi connectivity index (χ1) is 15.0. The first kappa shape index (κ1) is 19.7. The monoisotopic (exact) mass is 413 g/mol. The average molecular weight is 413 g/mol. The van der Waals surface area contributed by atoms with E-state index in [9.17, 15) is 24.5 Å². The van der Waals surface area contributed by atoms with Crippen LogP contribution in [0.4, 0.5) is 5.69 Å². The molecule has 0 saturated carbocycles. The zero-order valence-corrected chi connectivity index (χ0v) is 16.0. The van der Waals surface area contributed by atoms with Gasteiger partial charge in [0.25, 0.3) is 23.4 Å². The van der Waals surface area contributed by atoms with E-state index in [0.29, 0.717) is 16.1 Å². The third-order valence-corrected chi connectivity index (χ3v) is 4.76. The van der Waals surface area contributed by atoms with Gasteiger partial charge in [-0.1, -0.05) is 60.7 Å². The van der Waals surface area contributed by atoms with Crippen LogP contribution in [0, 0.1) is 10.1 Å². The van der Waals surface area contributed by atoms with E-state index in [2.05, 4.69) is 5.43 Å². The molecule has 1 N–H and O–H groups in total. The van der Waals surface area contributed by atoms with Gasteiger partial charge in [0.2, 0.25) is 0 Å². The van der Waals surface area contributed by atoms with Gasteiger partial charge < -0.3 is 0 Å². The molecule has 0 aliphatic carbocycles. The summed E-state index contributed by atoms with van der Waals surface area (Å²) in [6.07, 6.45) is 0. The van der Waals surface area contributed by atoms with Crippen molar-refractivity contribution in [3.8, 4) is 0 Å². The molecule has 152 valence electrons. The molecule has 0 aromatic heterocycles. The number of benzene rings is 3. The summed E-state index contributed by atoms with van der Waals surface area (Å²) in [4.78, 5) is 49.1. The maximum absolute atomic E-state index is 13.2. The second-order valence-electron chi connectivity index (χ2n) is 6.67. The number of non-ortho nitro benzene ring substituents is 1. The van der Waals surface area contributed by atoms with Crippen LogP contribution in [0.1, 0.15) is 21.5 Å². The fourth-order valence-corrected chi connectivity index (χ4v) is 3.28. The molecule has 0 atom stereocenters. The first-order valence-electron chi connectivity index (χ1n) is 9.26. The molecule has 0 unspecified atom stereocenters. The lowest BCUT2D eigenvalue weighted by Crippen LogP contribution is -2.46. The van der Waals surface area contributed by atoms with Crippen molar-refractivity contribution < 1.29 is 19.3 Å². The zero-order valence-electron chi connectivity index (χ0n) is 16.0. The number of carbonyl (C=O) groups excluding carboxylic acids is 3. The Morgan fingerprint density at radius 2 is 1.19 bits per heavy atom. The summed E-state index contributed by atoms with van der Waals surface area (Å²) in [5, 5.41) is 11.5. The Bertz CT molecular complexity index is 1160. The highest BCUT2D eigenvalue weighted by Crippen LogP contribution is 2.34. The maximum Gasteiger partial charge on any atom is 0.281 e. The molecule has 0 spiro atoms. The van der Waals surface area contributed by atoms with Crippen molar-refractivity contribution in [3.05, 3.63) is 112 Å². The Balaban J connectivity index is 1.68. The minimum Gasteiger partial charge on any atom is -0.267 e. The topological polar surface area (TPSA) is 110 Å². The van der Waals surface area contributed by atoms with Crippen LogP contribution in [0.3, 0.4) is 0 Å². The normalized spacial score (nSPS) is 13.5. The molecule has 0 fully saturated rings. The van der Waals surface area contributed by atoms with Gasteiger partial charge in [0, 0.05) is 17.7 Å². The number of hydrogen-bond donors (Lipinski definition) is 1. The lowest BCUT2D eigenvalue weighted by molar-refractivity contribution is -0.384. The van der Waals surface area contributed by atoms with E-state index < -0.39 is 22.6 Å². The molecule has 1 aliphatic heterocycles. The molecular weight excluding hydrogens is 398 g/mol. The van der Waals surface area contributed by atoms with Crippen LogP contribution in [0.15, 0.2) is 84.9 Å². The molecule has 4 rings (SSSR count). The summed E-state index contributed by atoms with van der Waals surface area (Å²) in [6.45, 7) is 0. The quantitative estimate of drug-likeness (QED) is 0.392. The minimum absolute atomic E-state index is 0.0700. The van der Waals surface area contributed by atoms with E-state index in [1.165, 1.54) is 24.3 Å². The van der Waals surface area contributed by atoms with Crippen molar-refractivity contribution >= 4 is 34.6 Å². The van der Waals surface area contributed by atoms with E-state index in [1.807, 2.05) is 0 Å². The van der Waals surface area contributed by atoms with Crippen LogP contribution >= 0.6 is 0 Å². The summed E-state index contributed by atoms with van der Waals surface area (Å²) in [6, 6.07) is 22.3. The number of amides is 3. The molecule has 1 aliphatic rings. The standard InChI is InChI=1S/C23H15N3O5/c27-21(17-11-13-18(14-12-17)26(30)31)24-25-22(28)19(15-7-3-1-4-8-15)20(23(25)29)16-9-5-2-6-10-16/h1-14H,(H,24,27). The Hall–Kier alpha value is -4.59. The van der Waals surface area contributed by atoms with Crippen LogP contribution < -0.4 is 5.43 Å². The van der Waals surface area contributed by atoms with E-state index in [0.717, 1.165) is 0 Å². The molecule has 0 radical (unpaired) electrons. The van der Waals surface area contributed by atoms with E-state index in [-0.39, 0.29) is 22.4 Å². The third-order valence-electron chi connectivity index (χ3n) is 4.76. The number of nitrogens with zero attached hydrogens (tertiary/aromatic N) is 2. The predicted octanol–water partition coefficient (Wildman–Crippen LogP) is 3.22. The molecule has 0 saturated heterocycles.